The highest BCUT2D eigenvalue weighted by atomic mass is 35.5. The van der Waals surface area contributed by atoms with Crippen LogP contribution < -0.4 is 0 Å². The van der Waals surface area contributed by atoms with Crippen LogP contribution in [0, 0.1) is 10.7 Å². The molecule has 1 aliphatic carbocycles. The van der Waals surface area contributed by atoms with Gasteiger partial charge in [-0.15, -0.1) is 11.6 Å². The molecule has 2 atom stereocenters. The largest absolute Gasteiger partial charge is 0.185 e. The molecule has 44 valence electrons. The first kappa shape index (κ1) is 6.25. The predicted octanol–water partition coefficient (Wildman–Crippen LogP) is 1.97. The highest BCUT2D eigenvalue weighted by Gasteiger charge is 2.50. The first-order valence-corrected chi connectivity index (χ1v) is 3.65. The molecule has 1 saturated carbocycles. The first-order valence-electron chi connectivity index (χ1n) is 2.40. The molecule has 0 aromatic carbocycles. The van der Waals surface area contributed by atoms with Crippen LogP contribution in [0.5, 0.6) is 0 Å². The van der Waals surface area contributed by atoms with Crippen molar-refractivity contribution in [3.8, 4) is 5.40 Å². The van der Waals surface area contributed by atoms with Crippen molar-refractivity contribution >= 4 is 23.4 Å². The van der Waals surface area contributed by atoms with E-state index in [0.717, 1.165) is 6.42 Å². The maximum absolute atomic E-state index is 8.21. The van der Waals surface area contributed by atoms with Gasteiger partial charge in [-0.25, -0.2) is 0 Å². The molecule has 0 N–H and O–H groups in total. The summed E-state index contributed by atoms with van der Waals surface area (Å²) in [4.78, 5) is 0. The Morgan fingerprint density at radius 2 is 2.50 bits per heavy atom. The van der Waals surface area contributed by atoms with Crippen LogP contribution in [0.15, 0.2) is 0 Å². The van der Waals surface area contributed by atoms with Gasteiger partial charge in [0.1, 0.15) is 5.40 Å². The molecule has 0 unspecified atom stereocenters. The van der Waals surface area contributed by atoms with Crippen LogP contribution in [0.25, 0.3) is 0 Å². The van der Waals surface area contributed by atoms with Crippen LogP contribution >= 0.6 is 23.4 Å². The van der Waals surface area contributed by atoms with Crippen LogP contribution in [0.1, 0.15) is 13.3 Å². The van der Waals surface area contributed by atoms with Crippen LogP contribution in [0.4, 0.5) is 0 Å². The summed E-state index contributed by atoms with van der Waals surface area (Å²) in [6, 6.07) is 0. The third-order valence-corrected chi connectivity index (χ3v) is 3.14. The molecular weight excluding hydrogens is 142 g/mol. The third-order valence-electron chi connectivity index (χ3n) is 1.37. The Bertz CT molecular complexity index is 142. The van der Waals surface area contributed by atoms with Crippen molar-refractivity contribution < 1.29 is 0 Å². The molecule has 0 aromatic heterocycles. The van der Waals surface area contributed by atoms with Gasteiger partial charge in [-0.05, 0) is 25.1 Å². The van der Waals surface area contributed by atoms with E-state index in [2.05, 4.69) is 0 Å². The molecule has 0 radical (unpaired) electrons. The minimum atomic E-state index is 0.0797. The fourth-order valence-electron chi connectivity index (χ4n) is 0.507. The van der Waals surface area contributed by atoms with Crippen LogP contribution in [0.3, 0.4) is 0 Å². The fourth-order valence-corrected chi connectivity index (χ4v) is 1.64. The van der Waals surface area contributed by atoms with Gasteiger partial charge in [0.15, 0.2) is 0 Å². The van der Waals surface area contributed by atoms with Crippen molar-refractivity contribution in [2.24, 2.45) is 0 Å². The normalized spacial score (nSPS) is 43.4. The lowest BCUT2D eigenvalue weighted by Crippen LogP contribution is -1.95. The maximum atomic E-state index is 8.21. The quantitative estimate of drug-likeness (QED) is 0.418. The van der Waals surface area contributed by atoms with Gasteiger partial charge in [0, 0.05) is 4.75 Å². The predicted molar refractivity (Wildman–Crippen MR) is 35.9 cm³/mol. The van der Waals surface area contributed by atoms with Gasteiger partial charge in [0.2, 0.25) is 0 Å². The van der Waals surface area contributed by atoms with E-state index in [1.807, 2.05) is 12.3 Å². The Balaban J connectivity index is 2.38. The summed E-state index contributed by atoms with van der Waals surface area (Å²) in [5, 5.41) is 10.5. The number of hydrogen-bond acceptors (Lipinski definition) is 2. The van der Waals surface area contributed by atoms with Gasteiger partial charge in [-0.2, -0.15) is 5.26 Å². The second-order valence-corrected chi connectivity index (χ2v) is 4.02. The van der Waals surface area contributed by atoms with Gasteiger partial charge in [0.25, 0.3) is 0 Å². The van der Waals surface area contributed by atoms with E-state index in [4.69, 9.17) is 16.9 Å². The summed E-state index contributed by atoms with van der Waals surface area (Å²) < 4.78 is 0.0797. The molecule has 0 heterocycles. The van der Waals surface area contributed by atoms with Crippen LogP contribution in [0.2, 0.25) is 0 Å². The van der Waals surface area contributed by atoms with Gasteiger partial charge < -0.3 is 0 Å². The lowest BCUT2D eigenvalue weighted by molar-refractivity contribution is 1.06. The zero-order valence-corrected chi connectivity index (χ0v) is 6.09. The number of halogens is 1. The molecule has 1 aliphatic rings. The summed E-state index contributed by atoms with van der Waals surface area (Å²) in [6.07, 6.45) is 0.979. The zero-order valence-electron chi connectivity index (χ0n) is 4.52. The van der Waals surface area contributed by atoms with E-state index >= 15 is 0 Å². The monoisotopic (exact) mass is 147 g/mol. The molecule has 0 saturated heterocycles. The van der Waals surface area contributed by atoms with Crippen molar-refractivity contribution in [2.75, 3.05) is 0 Å². The van der Waals surface area contributed by atoms with E-state index < -0.39 is 0 Å². The second-order valence-electron chi connectivity index (χ2n) is 2.18. The lowest BCUT2D eigenvalue weighted by Gasteiger charge is -1.96. The Labute approximate surface area is 58.0 Å². The van der Waals surface area contributed by atoms with Crippen LogP contribution in [-0.4, -0.2) is 10.1 Å². The van der Waals surface area contributed by atoms with Gasteiger partial charge in [-0.1, -0.05) is 0 Å². The lowest BCUT2D eigenvalue weighted by atomic mass is 10.5. The molecule has 0 amide bonds. The number of nitriles is 1. The van der Waals surface area contributed by atoms with Crippen LogP contribution in [-0.2, 0) is 0 Å². The van der Waals surface area contributed by atoms with Crippen molar-refractivity contribution in [3.05, 3.63) is 0 Å². The summed E-state index contributed by atoms with van der Waals surface area (Å²) in [5.41, 5.74) is 0. The topological polar surface area (TPSA) is 23.8 Å². The van der Waals surface area contributed by atoms with Crippen molar-refractivity contribution in [1.29, 1.82) is 5.26 Å². The molecular formula is C5H6ClNS. The van der Waals surface area contributed by atoms with E-state index in [1.54, 1.807) is 0 Å². The fraction of sp³-hybridized carbons (Fsp3) is 0.800. The average Bonchev–Trinajstić information content (AvgIpc) is 2.16. The number of alkyl halides is 1. The highest BCUT2D eigenvalue weighted by Crippen LogP contribution is 2.51. The first-order chi connectivity index (χ1) is 3.69. The summed E-state index contributed by atoms with van der Waals surface area (Å²) in [7, 11) is 0. The summed E-state index contributed by atoms with van der Waals surface area (Å²) >= 11 is 6.98. The smallest absolute Gasteiger partial charge is 0.133 e. The molecule has 1 fully saturated rings. The highest BCUT2D eigenvalue weighted by molar-refractivity contribution is 8.05. The molecule has 3 heteroatoms. The standard InChI is InChI=1S/C5H6ClNS/c1-5(8-3-7)2-4(5)6/h4H,2H2,1H3/t4-,5-/m1/s1. The summed E-state index contributed by atoms with van der Waals surface area (Å²) in [6.45, 7) is 2.01. The van der Waals surface area contributed by atoms with Crippen molar-refractivity contribution in [1.82, 2.24) is 0 Å². The third kappa shape index (κ3) is 0.936. The number of rotatable bonds is 1. The van der Waals surface area contributed by atoms with Gasteiger partial charge in [0.05, 0.1) is 5.38 Å². The minimum absolute atomic E-state index is 0.0797. The maximum Gasteiger partial charge on any atom is 0.133 e. The average molecular weight is 148 g/mol. The zero-order chi connectivity index (χ0) is 6.20. The minimum Gasteiger partial charge on any atom is -0.185 e. The number of nitrogens with zero attached hydrogens (tertiary/aromatic N) is 1. The van der Waals surface area contributed by atoms with E-state index in [-0.39, 0.29) is 10.1 Å². The SMILES string of the molecule is C[C@@]1(SC#N)C[C@H]1Cl. The Kier molecular flexibility index (Phi) is 1.42. The van der Waals surface area contributed by atoms with Crippen molar-refractivity contribution in [2.45, 2.75) is 23.5 Å². The molecule has 0 aromatic rings. The van der Waals surface area contributed by atoms with Gasteiger partial charge >= 0.3 is 0 Å². The summed E-state index contributed by atoms with van der Waals surface area (Å²) in [5.74, 6) is 0. The molecule has 1 rings (SSSR count). The molecule has 8 heavy (non-hydrogen) atoms. The molecule has 0 bridgehead atoms. The molecule has 0 spiro atoms. The van der Waals surface area contributed by atoms with E-state index in [0.29, 0.717) is 0 Å². The molecule has 0 aliphatic heterocycles. The number of thiocyanates is 1. The Hall–Kier alpha value is 0.130. The second kappa shape index (κ2) is 1.82. The van der Waals surface area contributed by atoms with Gasteiger partial charge in [-0.3, -0.25) is 0 Å². The van der Waals surface area contributed by atoms with E-state index in [9.17, 15) is 0 Å². The number of thioether (sulfide) groups is 1. The molecule has 1 nitrogen and oxygen atoms in total. The number of hydrogen-bond donors (Lipinski definition) is 0. The Morgan fingerprint density at radius 3 is 2.62 bits per heavy atom. The Morgan fingerprint density at radius 1 is 2.00 bits per heavy atom. The van der Waals surface area contributed by atoms with Crippen molar-refractivity contribution in [3.63, 3.8) is 0 Å². The van der Waals surface area contributed by atoms with E-state index in [1.165, 1.54) is 11.8 Å².